The van der Waals surface area contributed by atoms with E-state index in [4.69, 9.17) is 11.5 Å². The molecular formula is C15H14FN3O2. The molecule has 0 aliphatic carbocycles. The number of primary amides is 1. The Morgan fingerprint density at radius 3 is 2.52 bits per heavy atom. The van der Waals surface area contributed by atoms with Crippen LogP contribution >= 0.6 is 0 Å². The van der Waals surface area contributed by atoms with Crippen LogP contribution in [0.3, 0.4) is 0 Å². The number of benzene rings is 2. The summed E-state index contributed by atoms with van der Waals surface area (Å²) in [5, 5.41) is 2.62. The average molecular weight is 287 g/mol. The largest absolute Gasteiger partial charge is 0.396 e. The summed E-state index contributed by atoms with van der Waals surface area (Å²) in [5.74, 6) is -1.73. The molecule has 0 bridgehead atoms. The highest BCUT2D eigenvalue weighted by atomic mass is 19.1. The van der Waals surface area contributed by atoms with Gasteiger partial charge in [0.25, 0.3) is 5.91 Å². The first kappa shape index (κ1) is 14.5. The second-order valence-electron chi connectivity index (χ2n) is 4.55. The molecule has 2 aromatic carbocycles. The number of para-hydroxylation sites is 1. The Balaban J connectivity index is 2.28. The topological polar surface area (TPSA) is 98.2 Å². The first-order chi connectivity index (χ1) is 9.90. The number of anilines is 2. The van der Waals surface area contributed by atoms with Gasteiger partial charge in [0.1, 0.15) is 5.82 Å². The Morgan fingerprint density at radius 2 is 1.90 bits per heavy atom. The van der Waals surface area contributed by atoms with Crippen molar-refractivity contribution < 1.29 is 14.0 Å². The summed E-state index contributed by atoms with van der Waals surface area (Å²) >= 11 is 0. The van der Waals surface area contributed by atoms with E-state index in [2.05, 4.69) is 5.32 Å². The van der Waals surface area contributed by atoms with E-state index in [9.17, 15) is 14.0 Å². The van der Waals surface area contributed by atoms with Crippen LogP contribution in [0.5, 0.6) is 0 Å². The van der Waals surface area contributed by atoms with Crippen molar-refractivity contribution in [3.63, 3.8) is 0 Å². The fraction of sp³-hybridized carbons (Fsp3) is 0.0667. The van der Waals surface area contributed by atoms with Gasteiger partial charge in [-0.3, -0.25) is 9.59 Å². The molecule has 0 saturated heterocycles. The molecule has 108 valence electrons. The zero-order valence-corrected chi connectivity index (χ0v) is 11.3. The molecule has 0 unspecified atom stereocenters. The molecule has 0 aromatic heterocycles. The minimum atomic E-state index is -0.650. The molecule has 21 heavy (non-hydrogen) atoms. The zero-order chi connectivity index (χ0) is 15.6. The summed E-state index contributed by atoms with van der Waals surface area (Å²) in [5.41, 5.74) is 12.1. The molecule has 0 aliphatic heterocycles. The van der Waals surface area contributed by atoms with Crippen LogP contribution in [0.25, 0.3) is 0 Å². The third-order valence-corrected chi connectivity index (χ3v) is 3.06. The molecule has 0 atom stereocenters. The summed E-state index contributed by atoms with van der Waals surface area (Å²) in [7, 11) is 0. The van der Waals surface area contributed by atoms with Gasteiger partial charge < -0.3 is 16.8 Å². The fourth-order valence-electron chi connectivity index (χ4n) is 1.88. The molecule has 0 heterocycles. The highest BCUT2D eigenvalue weighted by Crippen LogP contribution is 2.20. The molecule has 5 nitrogen and oxygen atoms in total. The number of nitrogens with one attached hydrogen (secondary N) is 1. The van der Waals surface area contributed by atoms with Crippen LogP contribution in [0.2, 0.25) is 0 Å². The molecular weight excluding hydrogens is 273 g/mol. The van der Waals surface area contributed by atoms with Crippen molar-refractivity contribution in [2.45, 2.75) is 6.92 Å². The van der Waals surface area contributed by atoms with Crippen molar-refractivity contribution in [3.05, 3.63) is 58.9 Å². The molecule has 0 saturated carbocycles. The number of nitrogen functional groups attached to an aromatic ring is 1. The van der Waals surface area contributed by atoms with E-state index in [-0.39, 0.29) is 11.3 Å². The normalized spacial score (nSPS) is 10.2. The Kier molecular flexibility index (Phi) is 3.89. The molecule has 0 radical (unpaired) electrons. The van der Waals surface area contributed by atoms with Gasteiger partial charge in [0.05, 0.1) is 11.3 Å². The Labute approximate surface area is 120 Å². The van der Waals surface area contributed by atoms with Gasteiger partial charge in [-0.05, 0) is 42.8 Å². The maximum atomic E-state index is 13.3. The lowest BCUT2D eigenvalue weighted by atomic mass is 10.1. The number of carbonyl (C=O) groups excluding carboxylic acids is 2. The van der Waals surface area contributed by atoms with Crippen molar-refractivity contribution in [3.8, 4) is 0 Å². The number of hydrogen-bond donors (Lipinski definition) is 3. The number of aryl methyl sites for hydroxylation is 1. The van der Waals surface area contributed by atoms with Crippen LogP contribution in [0.1, 0.15) is 26.3 Å². The minimum absolute atomic E-state index is 0.0494. The molecule has 5 N–H and O–H groups in total. The van der Waals surface area contributed by atoms with E-state index in [1.54, 1.807) is 19.1 Å². The maximum absolute atomic E-state index is 13.3. The molecule has 2 amide bonds. The smallest absolute Gasteiger partial charge is 0.257 e. The summed E-state index contributed by atoms with van der Waals surface area (Å²) < 4.78 is 13.3. The van der Waals surface area contributed by atoms with Gasteiger partial charge in [-0.2, -0.15) is 0 Å². The van der Waals surface area contributed by atoms with Crippen molar-refractivity contribution in [1.29, 1.82) is 0 Å². The predicted octanol–water partition coefficient (Wildman–Crippen LogP) is 2.07. The second kappa shape index (κ2) is 5.62. The molecule has 2 rings (SSSR count). The third kappa shape index (κ3) is 3.00. The Morgan fingerprint density at radius 1 is 1.19 bits per heavy atom. The molecule has 6 heteroatoms. The van der Waals surface area contributed by atoms with Crippen LogP contribution in [-0.4, -0.2) is 11.8 Å². The first-order valence-electron chi connectivity index (χ1n) is 6.16. The number of carbonyl (C=O) groups is 2. The van der Waals surface area contributed by atoms with Crippen LogP contribution in [0.15, 0.2) is 36.4 Å². The van der Waals surface area contributed by atoms with E-state index < -0.39 is 17.6 Å². The number of hydrogen-bond acceptors (Lipinski definition) is 3. The SMILES string of the molecule is Cc1cc(C(N)=O)ccc1NC(=O)c1cccc(F)c1N. The lowest BCUT2D eigenvalue weighted by Crippen LogP contribution is -2.16. The minimum Gasteiger partial charge on any atom is -0.396 e. The van der Waals surface area contributed by atoms with Gasteiger partial charge in [-0.25, -0.2) is 4.39 Å². The zero-order valence-electron chi connectivity index (χ0n) is 11.3. The van der Waals surface area contributed by atoms with Gasteiger partial charge in [0.15, 0.2) is 0 Å². The summed E-state index contributed by atoms with van der Waals surface area (Å²) in [4.78, 5) is 23.2. The fourth-order valence-corrected chi connectivity index (χ4v) is 1.88. The standard InChI is InChI=1S/C15H14FN3O2/c1-8-7-9(14(18)20)5-6-12(8)19-15(21)10-3-2-4-11(16)13(10)17/h2-7H,17H2,1H3,(H2,18,20)(H,19,21). The van der Waals surface area contributed by atoms with Gasteiger partial charge in [-0.15, -0.1) is 0 Å². The molecule has 2 aromatic rings. The van der Waals surface area contributed by atoms with Gasteiger partial charge >= 0.3 is 0 Å². The van der Waals surface area contributed by atoms with Crippen molar-refractivity contribution in [2.75, 3.05) is 11.1 Å². The number of nitrogens with two attached hydrogens (primary N) is 2. The lowest BCUT2D eigenvalue weighted by molar-refractivity contribution is 0.0998. The molecule has 0 spiro atoms. The summed E-state index contributed by atoms with van der Waals surface area (Å²) in [6.45, 7) is 1.72. The van der Waals surface area contributed by atoms with Crippen molar-refractivity contribution in [2.24, 2.45) is 5.73 Å². The van der Waals surface area contributed by atoms with Crippen molar-refractivity contribution >= 4 is 23.2 Å². The molecule has 0 fully saturated rings. The monoisotopic (exact) mass is 287 g/mol. The quantitative estimate of drug-likeness (QED) is 0.753. The predicted molar refractivity (Wildman–Crippen MR) is 78.5 cm³/mol. The van der Waals surface area contributed by atoms with E-state index in [1.165, 1.54) is 24.3 Å². The van der Waals surface area contributed by atoms with Crippen molar-refractivity contribution in [1.82, 2.24) is 0 Å². The van der Waals surface area contributed by atoms with E-state index in [1.807, 2.05) is 0 Å². The second-order valence-corrected chi connectivity index (χ2v) is 4.55. The van der Waals surface area contributed by atoms with Gasteiger partial charge in [-0.1, -0.05) is 6.07 Å². The summed E-state index contributed by atoms with van der Waals surface area (Å²) in [6.07, 6.45) is 0. The first-order valence-corrected chi connectivity index (χ1v) is 6.16. The van der Waals surface area contributed by atoms with E-state index >= 15 is 0 Å². The number of rotatable bonds is 3. The van der Waals surface area contributed by atoms with E-state index in [0.29, 0.717) is 16.8 Å². The highest BCUT2D eigenvalue weighted by Gasteiger charge is 2.14. The van der Waals surface area contributed by atoms with Gasteiger partial charge in [0.2, 0.25) is 5.91 Å². The maximum Gasteiger partial charge on any atom is 0.257 e. The number of halogens is 1. The van der Waals surface area contributed by atoms with Crippen LogP contribution < -0.4 is 16.8 Å². The molecule has 0 aliphatic rings. The lowest BCUT2D eigenvalue weighted by Gasteiger charge is -2.11. The Hall–Kier alpha value is -2.89. The van der Waals surface area contributed by atoms with Gasteiger partial charge in [0, 0.05) is 11.3 Å². The van der Waals surface area contributed by atoms with E-state index in [0.717, 1.165) is 0 Å². The summed E-state index contributed by atoms with van der Waals surface area (Å²) in [6, 6.07) is 8.64. The highest BCUT2D eigenvalue weighted by molar-refractivity contribution is 6.08. The average Bonchev–Trinajstić information content (AvgIpc) is 2.43. The van der Waals surface area contributed by atoms with Crippen LogP contribution in [-0.2, 0) is 0 Å². The Bertz CT molecular complexity index is 729. The number of amides is 2. The van der Waals surface area contributed by atoms with Crippen LogP contribution in [0, 0.1) is 12.7 Å². The van der Waals surface area contributed by atoms with Crippen LogP contribution in [0.4, 0.5) is 15.8 Å². The third-order valence-electron chi connectivity index (χ3n) is 3.06.